The Hall–Kier alpha value is -0.980. The molecule has 1 saturated heterocycles. The molecule has 0 aliphatic carbocycles. The third-order valence-electron chi connectivity index (χ3n) is 3.16. The first kappa shape index (κ1) is 15.4. The topological polar surface area (TPSA) is 58.6 Å². The van der Waals surface area contributed by atoms with Crippen molar-refractivity contribution in [2.24, 2.45) is 0 Å². The van der Waals surface area contributed by atoms with E-state index in [0.717, 1.165) is 18.4 Å². The third-order valence-corrected chi connectivity index (χ3v) is 4.98. The lowest BCUT2D eigenvalue weighted by Crippen LogP contribution is -2.33. The van der Waals surface area contributed by atoms with Crippen molar-refractivity contribution in [1.29, 1.82) is 0 Å². The number of hydrogen-bond donors (Lipinski definition) is 1. The summed E-state index contributed by atoms with van der Waals surface area (Å²) in [7, 11) is -3.46. The molecule has 0 atom stereocenters. The minimum Gasteiger partial charge on any atom is -0.494 e. The predicted octanol–water partition coefficient (Wildman–Crippen LogP) is 2.58. The smallest absolute Gasteiger partial charge is 0.301 e. The zero-order chi connectivity index (χ0) is 14.6. The van der Waals surface area contributed by atoms with Crippen LogP contribution in [0, 0.1) is 0 Å². The summed E-state index contributed by atoms with van der Waals surface area (Å²) >= 11 is 5.87. The van der Waals surface area contributed by atoms with Gasteiger partial charge in [0.2, 0.25) is 0 Å². The molecule has 7 heteroatoms. The molecule has 1 N–H and O–H groups in total. The third kappa shape index (κ3) is 3.56. The monoisotopic (exact) mass is 318 g/mol. The number of ether oxygens (including phenoxy) is 1. The fraction of sp³-hybridized carbons (Fsp3) is 0.538. The number of nitrogens with one attached hydrogen (secondary N) is 1. The number of hydrogen-bond acceptors (Lipinski definition) is 3. The van der Waals surface area contributed by atoms with Gasteiger partial charge in [0.25, 0.3) is 0 Å². The average Bonchev–Trinajstić information content (AvgIpc) is 2.95. The molecule has 2 rings (SSSR count). The molecule has 1 aromatic rings. The van der Waals surface area contributed by atoms with Gasteiger partial charge >= 0.3 is 10.2 Å². The molecule has 20 heavy (non-hydrogen) atoms. The molecule has 0 radical (unpaired) electrons. The van der Waals surface area contributed by atoms with Gasteiger partial charge in [-0.3, -0.25) is 4.72 Å². The largest absolute Gasteiger partial charge is 0.494 e. The summed E-state index contributed by atoms with van der Waals surface area (Å²) in [6.45, 7) is 3.59. The van der Waals surface area contributed by atoms with Crippen LogP contribution in [0.5, 0.6) is 5.75 Å². The van der Waals surface area contributed by atoms with E-state index in [4.69, 9.17) is 16.3 Å². The Kier molecular flexibility index (Phi) is 5.12. The van der Waals surface area contributed by atoms with Crippen molar-refractivity contribution in [2.45, 2.75) is 25.6 Å². The highest BCUT2D eigenvalue weighted by Gasteiger charge is 2.25. The predicted molar refractivity (Wildman–Crippen MR) is 80.5 cm³/mol. The van der Waals surface area contributed by atoms with Crippen LogP contribution in [0.25, 0.3) is 0 Å². The molecule has 0 spiro atoms. The molecule has 0 bridgehead atoms. The Bertz CT molecular complexity index is 557. The van der Waals surface area contributed by atoms with Gasteiger partial charge in [-0.05, 0) is 38.0 Å². The van der Waals surface area contributed by atoms with Crippen LogP contribution in [0.3, 0.4) is 0 Å². The number of alkyl halides is 1. The van der Waals surface area contributed by atoms with Crippen LogP contribution in [0.15, 0.2) is 18.2 Å². The Morgan fingerprint density at radius 3 is 2.65 bits per heavy atom. The van der Waals surface area contributed by atoms with E-state index in [2.05, 4.69) is 4.72 Å². The van der Waals surface area contributed by atoms with Crippen LogP contribution in [-0.4, -0.2) is 32.4 Å². The summed E-state index contributed by atoms with van der Waals surface area (Å²) in [6, 6.07) is 5.14. The standard InChI is InChI=1S/C13H19ClN2O3S/c1-2-19-13-6-5-12(9-11(13)10-14)15-20(17,18)16-7-3-4-8-16/h5-6,9,15H,2-4,7-8,10H2,1H3. The minimum atomic E-state index is -3.46. The van der Waals surface area contributed by atoms with Crippen LogP contribution in [0.1, 0.15) is 25.3 Å². The molecule has 5 nitrogen and oxygen atoms in total. The van der Waals surface area contributed by atoms with E-state index in [9.17, 15) is 8.42 Å². The molecule has 1 fully saturated rings. The number of nitrogens with zero attached hydrogens (tertiary/aromatic N) is 1. The summed E-state index contributed by atoms with van der Waals surface area (Å²) in [5.74, 6) is 0.959. The Morgan fingerprint density at radius 2 is 2.05 bits per heavy atom. The lowest BCUT2D eigenvalue weighted by Gasteiger charge is -2.18. The van der Waals surface area contributed by atoms with Crippen molar-refractivity contribution in [2.75, 3.05) is 24.4 Å². The van der Waals surface area contributed by atoms with Crippen molar-refractivity contribution in [1.82, 2.24) is 4.31 Å². The van der Waals surface area contributed by atoms with Gasteiger partial charge in [0.05, 0.1) is 18.2 Å². The van der Waals surface area contributed by atoms with E-state index in [-0.39, 0.29) is 5.88 Å². The number of anilines is 1. The number of benzene rings is 1. The lowest BCUT2D eigenvalue weighted by molar-refractivity contribution is 0.337. The zero-order valence-corrected chi connectivity index (χ0v) is 13.0. The van der Waals surface area contributed by atoms with Crippen molar-refractivity contribution in [3.05, 3.63) is 23.8 Å². The lowest BCUT2D eigenvalue weighted by atomic mass is 10.2. The van der Waals surface area contributed by atoms with Gasteiger partial charge in [-0.25, -0.2) is 0 Å². The van der Waals surface area contributed by atoms with Crippen molar-refractivity contribution in [3.8, 4) is 5.75 Å². The minimum absolute atomic E-state index is 0.272. The van der Waals surface area contributed by atoms with Gasteiger partial charge in [-0.15, -0.1) is 11.6 Å². The van der Waals surface area contributed by atoms with Gasteiger partial charge in [0.15, 0.2) is 0 Å². The summed E-state index contributed by atoms with van der Waals surface area (Å²) in [4.78, 5) is 0. The fourth-order valence-corrected chi connectivity index (χ4v) is 3.69. The van der Waals surface area contributed by atoms with Crippen molar-refractivity contribution < 1.29 is 13.2 Å². The summed E-state index contributed by atoms with van der Waals surface area (Å²) in [5, 5.41) is 0. The maximum atomic E-state index is 12.2. The second kappa shape index (κ2) is 6.65. The van der Waals surface area contributed by atoms with E-state index in [1.54, 1.807) is 18.2 Å². The van der Waals surface area contributed by atoms with Crippen LogP contribution in [0.2, 0.25) is 0 Å². The Balaban J connectivity index is 2.17. The molecular formula is C13H19ClN2O3S. The van der Waals surface area contributed by atoms with E-state index < -0.39 is 10.2 Å². The molecule has 1 heterocycles. The Morgan fingerprint density at radius 1 is 1.35 bits per heavy atom. The Labute approximate surface area is 125 Å². The highest BCUT2D eigenvalue weighted by Crippen LogP contribution is 2.26. The first-order chi connectivity index (χ1) is 9.56. The van der Waals surface area contributed by atoms with Gasteiger partial charge in [0, 0.05) is 18.7 Å². The molecule has 1 aromatic carbocycles. The number of rotatable bonds is 6. The fourth-order valence-electron chi connectivity index (χ4n) is 2.19. The maximum absolute atomic E-state index is 12.2. The van der Waals surface area contributed by atoms with Crippen molar-refractivity contribution >= 4 is 27.5 Å². The van der Waals surface area contributed by atoms with Crippen LogP contribution >= 0.6 is 11.6 Å². The summed E-state index contributed by atoms with van der Waals surface area (Å²) in [6.07, 6.45) is 1.83. The maximum Gasteiger partial charge on any atom is 0.301 e. The first-order valence-electron chi connectivity index (χ1n) is 6.66. The van der Waals surface area contributed by atoms with Crippen LogP contribution in [0.4, 0.5) is 5.69 Å². The highest BCUT2D eigenvalue weighted by atomic mass is 35.5. The van der Waals surface area contributed by atoms with Crippen LogP contribution in [-0.2, 0) is 16.1 Å². The van der Waals surface area contributed by atoms with E-state index >= 15 is 0 Å². The summed E-state index contributed by atoms with van der Waals surface area (Å²) in [5.41, 5.74) is 1.28. The first-order valence-corrected chi connectivity index (χ1v) is 8.64. The molecule has 0 amide bonds. The second-order valence-electron chi connectivity index (χ2n) is 4.60. The molecule has 0 unspecified atom stereocenters. The molecule has 1 aliphatic rings. The van der Waals surface area contributed by atoms with Gasteiger partial charge in [-0.1, -0.05) is 0 Å². The highest BCUT2D eigenvalue weighted by molar-refractivity contribution is 7.90. The van der Waals surface area contributed by atoms with Gasteiger partial charge in [0.1, 0.15) is 5.75 Å². The zero-order valence-electron chi connectivity index (χ0n) is 11.4. The quantitative estimate of drug-likeness (QED) is 0.820. The summed E-state index contributed by atoms with van der Waals surface area (Å²) < 4.78 is 33.8. The van der Waals surface area contributed by atoms with E-state index in [0.29, 0.717) is 31.1 Å². The van der Waals surface area contributed by atoms with E-state index in [1.165, 1.54) is 4.31 Å². The van der Waals surface area contributed by atoms with Gasteiger partial charge in [-0.2, -0.15) is 12.7 Å². The second-order valence-corrected chi connectivity index (χ2v) is 6.54. The SMILES string of the molecule is CCOc1ccc(NS(=O)(=O)N2CCCC2)cc1CCl. The molecule has 1 aliphatic heterocycles. The molecule has 0 aromatic heterocycles. The normalized spacial score (nSPS) is 16.3. The van der Waals surface area contributed by atoms with E-state index in [1.807, 2.05) is 6.92 Å². The average molecular weight is 319 g/mol. The molecular weight excluding hydrogens is 300 g/mol. The molecule has 0 saturated carbocycles. The number of halogens is 1. The van der Waals surface area contributed by atoms with Crippen LogP contribution < -0.4 is 9.46 Å². The van der Waals surface area contributed by atoms with Crippen molar-refractivity contribution in [3.63, 3.8) is 0 Å². The van der Waals surface area contributed by atoms with Gasteiger partial charge < -0.3 is 4.74 Å². The molecule has 112 valence electrons.